The smallest absolute Gasteiger partial charge is 0.227 e. The molecule has 0 saturated carbocycles. The monoisotopic (exact) mass is 269 g/mol. The van der Waals surface area contributed by atoms with Crippen LogP contribution in [-0.2, 0) is 9.53 Å². The summed E-state index contributed by atoms with van der Waals surface area (Å²) in [5.74, 6) is 0.205. The summed E-state index contributed by atoms with van der Waals surface area (Å²) < 4.78 is 5.68. The zero-order chi connectivity index (χ0) is 13.7. The van der Waals surface area contributed by atoms with Crippen LogP contribution in [0.25, 0.3) is 0 Å². The lowest BCUT2D eigenvalue weighted by Gasteiger charge is -2.32. The Kier molecular flexibility index (Phi) is 5.19. The highest BCUT2D eigenvalue weighted by atomic mass is 16.5. The molecule has 2 aliphatic heterocycles. The molecule has 0 radical (unpaired) electrons. The van der Waals surface area contributed by atoms with Gasteiger partial charge < -0.3 is 20.3 Å². The summed E-state index contributed by atoms with van der Waals surface area (Å²) in [7, 11) is 2.09. The van der Waals surface area contributed by atoms with Crippen LogP contribution in [0.2, 0.25) is 0 Å². The van der Waals surface area contributed by atoms with E-state index in [9.17, 15) is 4.79 Å². The minimum absolute atomic E-state index is 0.135. The second-order valence-corrected chi connectivity index (χ2v) is 5.92. The molecule has 0 spiro atoms. The summed E-state index contributed by atoms with van der Waals surface area (Å²) in [5.41, 5.74) is -0.185. The number of nitrogens with one attached hydrogen (secondary N) is 2. The summed E-state index contributed by atoms with van der Waals surface area (Å²) in [6, 6.07) is 0. The number of amides is 1. The molecule has 2 unspecified atom stereocenters. The van der Waals surface area contributed by atoms with Gasteiger partial charge in [0.05, 0.1) is 18.1 Å². The summed E-state index contributed by atoms with van der Waals surface area (Å²) >= 11 is 0. The van der Waals surface area contributed by atoms with Crippen molar-refractivity contribution in [3.8, 4) is 0 Å². The second kappa shape index (κ2) is 6.68. The first-order chi connectivity index (χ1) is 9.16. The number of hydrogen-bond donors (Lipinski definition) is 2. The fraction of sp³-hybridized carbons (Fsp3) is 0.929. The molecule has 2 saturated heterocycles. The van der Waals surface area contributed by atoms with Gasteiger partial charge in [-0.25, -0.2) is 0 Å². The van der Waals surface area contributed by atoms with E-state index >= 15 is 0 Å². The lowest BCUT2D eigenvalue weighted by atomic mass is 9.81. The van der Waals surface area contributed by atoms with Crippen LogP contribution in [0.4, 0.5) is 0 Å². The molecule has 0 aromatic carbocycles. The summed E-state index contributed by atoms with van der Waals surface area (Å²) in [5, 5.41) is 6.43. The first-order valence-electron chi connectivity index (χ1n) is 7.45. The molecule has 2 rings (SSSR count). The second-order valence-electron chi connectivity index (χ2n) is 5.92. The van der Waals surface area contributed by atoms with Crippen LogP contribution in [0.15, 0.2) is 0 Å². The minimum Gasteiger partial charge on any atom is -0.374 e. The first kappa shape index (κ1) is 14.8. The molecular weight excluding hydrogens is 242 g/mol. The highest BCUT2D eigenvalue weighted by Gasteiger charge is 2.40. The maximum Gasteiger partial charge on any atom is 0.227 e. The van der Waals surface area contributed by atoms with Crippen molar-refractivity contribution in [2.45, 2.75) is 32.3 Å². The fourth-order valence-corrected chi connectivity index (χ4v) is 3.13. The normalized spacial score (nSPS) is 32.4. The largest absolute Gasteiger partial charge is 0.374 e. The third kappa shape index (κ3) is 3.68. The van der Waals surface area contributed by atoms with Gasteiger partial charge in [0, 0.05) is 26.2 Å². The number of hydrogen-bond acceptors (Lipinski definition) is 4. The number of rotatable bonds is 5. The molecule has 5 nitrogen and oxygen atoms in total. The van der Waals surface area contributed by atoms with Crippen molar-refractivity contribution in [3.05, 3.63) is 0 Å². The Morgan fingerprint density at radius 2 is 2.42 bits per heavy atom. The van der Waals surface area contributed by atoms with Crippen molar-refractivity contribution >= 4 is 5.91 Å². The SMILES string of the molecule is CCCC1(C(=O)NCC2CN(C)CCO2)CCNC1. The summed E-state index contributed by atoms with van der Waals surface area (Å²) in [6.07, 6.45) is 3.11. The molecule has 2 heterocycles. The number of carbonyl (C=O) groups excluding carboxylic acids is 1. The van der Waals surface area contributed by atoms with Crippen LogP contribution in [0.5, 0.6) is 0 Å². The van der Waals surface area contributed by atoms with E-state index in [1.807, 2.05) is 0 Å². The van der Waals surface area contributed by atoms with Crippen LogP contribution in [0.1, 0.15) is 26.2 Å². The number of morpholine rings is 1. The van der Waals surface area contributed by atoms with Gasteiger partial charge in [-0.2, -0.15) is 0 Å². The molecule has 0 aliphatic carbocycles. The Bertz CT molecular complexity index is 303. The third-order valence-electron chi connectivity index (χ3n) is 4.29. The molecule has 0 bridgehead atoms. The predicted octanol–water partition coefficient (Wildman–Crippen LogP) is 0.213. The average Bonchev–Trinajstić information content (AvgIpc) is 2.86. The molecule has 0 aromatic heterocycles. The maximum absolute atomic E-state index is 12.5. The number of ether oxygens (including phenoxy) is 1. The zero-order valence-corrected chi connectivity index (χ0v) is 12.2. The van der Waals surface area contributed by atoms with E-state index in [0.717, 1.165) is 52.0 Å². The van der Waals surface area contributed by atoms with Gasteiger partial charge in [0.1, 0.15) is 0 Å². The maximum atomic E-state index is 12.5. The Morgan fingerprint density at radius 3 is 3.05 bits per heavy atom. The topological polar surface area (TPSA) is 53.6 Å². The molecular formula is C14H27N3O2. The molecule has 2 fully saturated rings. The van der Waals surface area contributed by atoms with Crippen molar-refractivity contribution in [3.63, 3.8) is 0 Å². The van der Waals surface area contributed by atoms with Crippen molar-refractivity contribution < 1.29 is 9.53 Å². The van der Waals surface area contributed by atoms with E-state index in [0.29, 0.717) is 6.54 Å². The van der Waals surface area contributed by atoms with Gasteiger partial charge in [-0.05, 0) is 26.4 Å². The van der Waals surface area contributed by atoms with Gasteiger partial charge in [-0.1, -0.05) is 13.3 Å². The number of likely N-dealkylation sites (N-methyl/N-ethyl adjacent to an activating group) is 1. The number of nitrogens with zero attached hydrogens (tertiary/aromatic N) is 1. The van der Waals surface area contributed by atoms with Crippen molar-refractivity contribution in [2.24, 2.45) is 5.41 Å². The van der Waals surface area contributed by atoms with E-state index in [2.05, 4.69) is 29.5 Å². The molecule has 1 amide bonds. The molecule has 0 aromatic rings. The molecule has 110 valence electrons. The Hall–Kier alpha value is -0.650. The Morgan fingerprint density at radius 1 is 1.58 bits per heavy atom. The van der Waals surface area contributed by atoms with E-state index in [1.54, 1.807) is 0 Å². The standard InChI is InChI=1S/C14H27N3O2/c1-3-4-14(5-6-15-11-14)13(18)16-9-12-10-17(2)7-8-19-12/h12,15H,3-11H2,1-2H3,(H,16,18). The van der Waals surface area contributed by atoms with E-state index in [4.69, 9.17) is 4.74 Å². The highest BCUT2D eigenvalue weighted by molar-refractivity contribution is 5.83. The average molecular weight is 269 g/mol. The van der Waals surface area contributed by atoms with Gasteiger partial charge in [-0.3, -0.25) is 4.79 Å². The zero-order valence-electron chi connectivity index (χ0n) is 12.2. The highest BCUT2D eigenvalue weighted by Crippen LogP contribution is 2.31. The van der Waals surface area contributed by atoms with Crippen molar-refractivity contribution in [2.75, 3.05) is 46.4 Å². The fourth-order valence-electron chi connectivity index (χ4n) is 3.13. The summed E-state index contributed by atoms with van der Waals surface area (Å²) in [4.78, 5) is 14.7. The molecule has 19 heavy (non-hydrogen) atoms. The quantitative estimate of drug-likeness (QED) is 0.749. The van der Waals surface area contributed by atoms with Crippen LogP contribution in [0, 0.1) is 5.41 Å². The van der Waals surface area contributed by atoms with E-state index < -0.39 is 0 Å². The van der Waals surface area contributed by atoms with Crippen molar-refractivity contribution in [1.82, 2.24) is 15.5 Å². The molecule has 2 atom stereocenters. The predicted molar refractivity (Wildman–Crippen MR) is 75.1 cm³/mol. The van der Waals surface area contributed by atoms with E-state index in [1.165, 1.54) is 0 Å². The van der Waals surface area contributed by atoms with Gasteiger partial charge in [-0.15, -0.1) is 0 Å². The van der Waals surface area contributed by atoms with Gasteiger partial charge >= 0.3 is 0 Å². The van der Waals surface area contributed by atoms with Crippen LogP contribution in [0.3, 0.4) is 0 Å². The Labute approximate surface area is 116 Å². The van der Waals surface area contributed by atoms with Gasteiger partial charge in [0.2, 0.25) is 5.91 Å². The molecule has 2 N–H and O–H groups in total. The lowest BCUT2D eigenvalue weighted by Crippen LogP contribution is -2.49. The van der Waals surface area contributed by atoms with Crippen LogP contribution < -0.4 is 10.6 Å². The van der Waals surface area contributed by atoms with Crippen molar-refractivity contribution in [1.29, 1.82) is 0 Å². The summed E-state index contributed by atoms with van der Waals surface area (Å²) in [6.45, 7) is 7.20. The minimum atomic E-state index is -0.185. The van der Waals surface area contributed by atoms with Gasteiger partial charge in [0.25, 0.3) is 0 Å². The third-order valence-corrected chi connectivity index (χ3v) is 4.29. The lowest BCUT2D eigenvalue weighted by molar-refractivity contribution is -0.131. The molecule has 2 aliphatic rings. The van der Waals surface area contributed by atoms with Crippen LogP contribution >= 0.6 is 0 Å². The number of carbonyl (C=O) groups is 1. The van der Waals surface area contributed by atoms with E-state index in [-0.39, 0.29) is 17.4 Å². The van der Waals surface area contributed by atoms with Crippen LogP contribution in [-0.4, -0.2) is 63.3 Å². The first-order valence-corrected chi connectivity index (χ1v) is 7.45. The Balaban J connectivity index is 1.82. The van der Waals surface area contributed by atoms with Gasteiger partial charge in [0.15, 0.2) is 0 Å². The molecule has 5 heteroatoms.